The highest BCUT2D eigenvalue weighted by Gasteiger charge is 2.23. The first kappa shape index (κ1) is 12.7. The Morgan fingerprint density at radius 1 is 1.41 bits per heavy atom. The molecule has 1 aliphatic rings. The first-order chi connectivity index (χ1) is 8.20. The highest BCUT2D eigenvalue weighted by Crippen LogP contribution is 2.29. The van der Waals surface area contributed by atoms with E-state index in [4.69, 9.17) is 0 Å². The smallest absolute Gasteiger partial charge is 0.0599 e. The molecule has 3 nitrogen and oxygen atoms in total. The maximum atomic E-state index is 4.28. The van der Waals surface area contributed by atoms with Crippen LogP contribution in [0.15, 0.2) is 18.5 Å². The summed E-state index contributed by atoms with van der Waals surface area (Å²) in [6, 6.07) is 2.11. The van der Waals surface area contributed by atoms with E-state index in [1.165, 1.54) is 11.3 Å². The summed E-state index contributed by atoms with van der Waals surface area (Å²) in [6.45, 7) is 7.77. The molecule has 1 aromatic rings. The second-order valence-electron chi connectivity index (χ2n) is 4.70. The molecule has 0 aliphatic carbocycles. The van der Waals surface area contributed by atoms with Crippen LogP contribution in [0.1, 0.15) is 19.4 Å². The minimum Gasteiger partial charge on any atom is -0.368 e. The highest BCUT2D eigenvalue weighted by molar-refractivity contribution is 8.00. The number of hydrogen-bond donors (Lipinski definition) is 1. The molecule has 2 atom stereocenters. The van der Waals surface area contributed by atoms with Crippen molar-refractivity contribution in [1.29, 1.82) is 0 Å². The van der Waals surface area contributed by atoms with Gasteiger partial charge in [-0.15, -0.1) is 0 Å². The van der Waals surface area contributed by atoms with Gasteiger partial charge in [-0.05, 0) is 18.7 Å². The van der Waals surface area contributed by atoms with E-state index >= 15 is 0 Å². The summed E-state index contributed by atoms with van der Waals surface area (Å²) in [5.41, 5.74) is 2.63. The van der Waals surface area contributed by atoms with Gasteiger partial charge in [-0.25, -0.2) is 0 Å². The standard InChI is InChI=1S/C13H21N3S/c1-10-8-16(9-11(2)17-10)13-7-15-5-4-12(13)6-14-3/h4-5,7,10-11,14H,6,8-9H2,1-3H3. The zero-order chi connectivity index (χ0) is 12.3. The number of nitrogens with zero attached hydrogens (tertiary/aromatic N) is 2. The Kier molecular flexibility index (Phi) is 4.29. The maximum Gasteiger partial charge on any atom is 0.0599 e. The topological polar surface area (TPSA) is 28.2 Å². The van der Waals surface area contributed by atoms with Crippen molar-refractivity contribution in [3.8, 4) is 0 Å². The van der Waals surface area contributed by atoms with Crippen LogP contribution in [0.25, 0.3) is 0 Å². The van der Waals surface area contributed by atoms with Gasteiger partial charge in [0.05, 0.1) is 11.9 Å². The lowest BCUT2D eigenvalue weighted by Crippen LogP contribution is -2.41. The number of nitrogens with one attached hydrogen (secondary N) is 1. The number of aromatic nitrogens is 1. The molecular weight excluding hydrogens is 230 g/mol. The summed E-state index contributed by atoms with van der Waals surface area (Å²) < 4.78 is 0. The number of thioether (sulfide) groups is 1. The fraction of sp³-hybridized carbons (Fsp3) is 0.615. The molecular formula is C13H21N3S. The molecule has 1 saturated heterocycles. The number of rotatable bonds is 3. The molecule has 4 heteroatoms. The molecule has 17 heavy (non-hydrogen) atoms. The van der Waals surface area contributed by atoms with Crippen LogP contribution in [0, 0.1) is 0 Å². The lowest BCUT2D eigenvalue weighted by atomic mass is 10.2. The molecule has 94 valence electrons. The fourth-order valence-corrected chi connectivity index (χ4v) is 3.74. The van der Waals surface area contributed by atoms with Gasteiger partial charge in [0.1, 0.15) is 0 Å². The summed E-state index contributed by atoms with van der Waals surface area (Å²) >= 11 is 2.08. The van der Waals surface area contributed by atoms with Crippen LogP contribution in [0.3, 0.4) is 0 Å². The molecule has 1 fully saturated rings. The Morgan fingerprint density at radius 2 is 2.12 bits per heavy atom. The summed E-state index contributed by atoms with van der Waals surface area (Å²) in [5, 5.41) is 4.62. The van der Waals surface area contributed by atoms with Crippen LogP contribution >= 0.6 is 11.8 Å². The van der Waals surface area contributed by atoms with E-state index in [1.807, 2.05) is 19.4 Å². The minimum absolute atomic E-state index is 0.696. The van der Waals surface area contributed by atoms with Crippen molar-refractivity contribution in [2.45, 2.75) is 30.9 Å². The maximum absolute atomic E-state index is 4.28. The average Bonchev–Trinajstić information content (AvgIpc) is 2.29. The van der Waals surface area contributed by atoms with Gasteiger partial charge in [-0.3, -0.25) is 4.98 Å². The number of anilines is 1. The van der Waals surface area contributed by atoms with E-state index in [-0.39, 0.29) is 0 Å². The van der Waals surface area contributed by atoms with Crippen molar-refractivity contribution in [3.63, 3.8) is 0 Å². The summed E-state index contributed by atoms with van der Waals surface area (Å²) in [7, 11) is 1.99. The zero-order valence-electron chi connectivity index (χ0n) is 10.8. The summed E-state index contributed by atoms with van der Waals surface area (Å²) in [6.07, 6.45) is 3.88. The van der Waals surface area contributed by atoms with Gasteiger partial charge >= 0.3 is 0 Å². The van der Waals surface area contributed by atoms with E-state index in [0.29, 0.717) is 10.5 Å². The lowest BCUT2D eigenvalue weighted by molar-refractivity contribution is 0.715. The van der Waals surface area contributed by atoms with E-state index in [9.17, 15) is 0 Å². The van der Waals surface area contributed by atoms with E-state index < -0.39 is 0 Å². The molecule has 1 aliphatic heterocycles. The van der Waals surface area contributed by atoms with E-state index in [0.717, 1.165) is 19.6 Å². The summed E-state index contributed by atoms with van der Waals surface area (Å²) in [5.74, 6) is 0. The number of hydrogen-bond acceptors (Lipinski definition) is 4. The van der Waals surface area contributed by atoms with Gasteiger partial charge in [0.2, 0.25) is 0 Å². The van der Waals surface area contributed by atoms with Gasteiger partial charge in [-0.2, -0.15) is 11.8 Å². The Bertz CT molecular complexity index is 359. The van der Waals surface area contributed by atoms with Crippen LogP contribution in [0.2, 0.25) is 0 Å². The molecule has 2 heterocycles. The molecule has 0 radical (unpaired) electrons. The highest BCUT2D eigenvalue weighted by atomic mass is 32.2. The predicted molar refractivity (Wildman–Crippen MR) is 75.7 cm³/mol. The summed E-state index contributed by atoms with van der Waals surface area (Å²) in [4.78, 5) is 6.75. The largest absolute Gasteiger partial charge is 0.368 e. The van der Waals surface area contributed by atoms with Crippen LogP contribution in [-0.4, -0.2) is 35.6 Å². The lowest BCUT2D eigenvalue weighted by Gasteiger charge is -2.37. The van der Waals surface area contributed by atoms with Crippen LogP contribution in [0.5, 0.6) is 0 Å². The average molecular weight is 251 g/mol. The molecule has 0 amide bonds. The third-order valence-corrected chi connectivity index (χ3v) is 4.24. The van der Waals surface area contributed by atoms with Crippen molar-refractivity contribution < 1.29 is 0 Å². The Hall–Kier alpha value is -0.740. The Balaban J connectivity index is 2.20. The fourth-order valence-electron chi connectivity index (χ4n) is 2.41. The molecule has 0 saturated carbocycles. The molecule has 1 aromatic heterocycles. The van der Waals surface area contributed by atoms with Gasteiger partial charge < -0.3 is 10.2 Å². The van der Waals surface area contributed by atoms with Crippen molar-refractivity contribution in [1.82, 2.24) is 10.3 Å². The zero-order valence-corrected chi connectivity index (χ0v) is 11.6. The van der Waals surface area contributed by atoms with Gasteiger partial charge in [0, 0.05) is 36.3 Å². The van der Waals surface area contributed by atoms with Gasteiger partial charge in [0.15, 0.2) is 0 Å². The molecule has 1 N–H and O–H groups in total. The third kappa shape index (κ3) is 3.13. The van der Waals surface area contributed by atoms with Crippen molar-refractivity contribution in [3.05, 3.63) is 24.0 Å². The second-order valence-corrected chi connectivity index (χ2v) is 6.58. The normalized spacial score (nSPS) is 25.0. The quantitative estimate of drug-likeness (QED) is 0.891. The van der Waals surface area contributed by atoms with Crippen LogP contribution in [0.4, 0.5) is 5.69 Å². The second kappa shape index (κ2) is 5.74. The first-order valence-corrected chi connectivity index (χ1v) is 7.13. The van der Waals surface area contributed by atoms with Gasteiger partial charge in [-0.1, -0.05) is 13.8 Å². The Labute approximate surface area is 108 Å². The predicted octanol–water partition coefficient (Wildman–Crippen LogP) is 2.13. The molecule has 0 aromatic carbocycles. The van der Waals surface area contributed by atoms with Crippen LogP contribution in [-0.2, 0) is 6.54 Å². The molecule has 2 rings (SSSR count). The van der Waals surface area contributed by atoms with Crippen molar-refractivity contribution in [2.24, 2.45) is 0 Å². The monoisotopic (exact) mass is 251 g/mol. The molecule has 2 unspecified atom stereocenters. The van der Waals surface area contributed by atoms with Crippen molar-refractivity contribution in [2.75, 3.05) is 25.0 Å². The number of pyridine rings is 1. The van der Waals surface area contributed by atoms with Gasteiger partial charge in [0.25, 0.3) is 0 Å². The van der Waals surface area contributed by atoms with E-state index in [2.05, 4.69) is 46.9 Å². The Morgan fingerprint density at radius 3 is 2.76 bits per heavy atom. The SMILES string of the molecule is CNCc1ccncc1N1CC(C)SC(C)C1. The van der Waals surface area contributed by atoms with Crippen molar-refractivity contribution >= 4 is 17.4 Å². The molecule has 0 bridgehead atoms. The van der Waals surface area contributed by atoms with E-state index in [1.54, 1.807) is 0 Å². The van der Waals surface area contributed by atoms with Crippen LogP contribution < -0.4 is 10.2 Å². The third-order valence-electron chi connectivity index (χ3n) is 3.02. The first-order valence-electron chi connectivity index (χ1n) is 6.18. The minimum atomic E-state index is 0.696. The molecule has 0 spiro atoms.